The predicted molar refractivity (Wildman–Crippen MR) is 80.1 cm³/mol. The molecule has 2 heterocycles. The van der Waals surface area contributed by atoms with Gasteiger partial charge in [-0.25, -0.2) is 0 Å². The van der Waals surface area contributed by atoms with E-state index in [1.54, 1.807) is 0 Å². The molecule has 0 spiro atoms. The van der Waals surface area contributed by atoms with Crippen molar-refractivity contribution in [3.63, 3.8) is 0 Å². The Morgan fingerprint density at radius 2 is 2.21 bits per heavy atom. The number of hydrogen-bond acceptors (Lipinski definition) is 3. The van der Waals surface area contributed by atoms with Gasteiger partial charge in [-0.3, -0.25) is 0 Å². The van der Waals surface area contributed by atoms with Crippen LogP contribution in [0.3, 0.4) is 0 Å². The summed E-state index contributed by atoms with van der Waals surface area (Å²) in [5.74, 6) is 0. The molecule has 100 valence electrons. The molecule has 3 rings (SSSR count). The van der Waals surface area contributed by atoms with Crippen LogP contribution in [0.2, 0.25) is 0 Å². The molecule has 1 aromatic rings. The highest BCUT2D eigenvalue weighted by molar-refractivity contribution is 9.10. The molecule has 2 aliphatic heterocycles. The summed E-state index contributed by atoms with van der Waals surface area (Å²) in [7, 11) is 0. The number of fused-ring (bicyclic) bond motifs is 1. The zero-order valence-electron chi connectivity index (χ0n) is 10.9. The van der Waals surface area contributed by atoms with Crippen LogP contribution >= 0.6 is 15.9 Å². The second-order valence-electron chi connectivity index (χ2n) is 5.47. The molecular weight excluding hydrogens is 302 g/mol. The maximum absolute atomic E-state index is 9.25. The Morgan fingerprint density at radius 3 is 3.05 bits per heavy atom. The Morgan fingerprint density at radius 1 is 1.32 bits per heavy atom. The Kier molecular flexibility index (Phi) is 3.76. The quantitative estimate of drug-likeness (QED) is 0.908. The first-order valence-electron chi connectivity index (χ1n) is 6.97. The highest BCUT2D eigenvalue weighted by Gasteiger charge is 2.31. The van der Waals surface area contributed by atoms with Crippen LogP contribution in [-0.4, -0.2) is 30.1 Å². The maximum atomic E-state index is 9.25. The van der Waals surface area contributed by atoms with E-state index < -0.39 is 0 Å². The normalized spacial score (nSPS) is 26.7. The van der Waals surface area contributed by atoms with Gasteiger partial charge in [-0.05, 0) is 60.3 Å². The summed E-state index contributed by atoms with van der Waals surface area (Å²) in [6, 6.07) is 9.44. The molecule has 0 aromatic heterocycles. The van der Waals surface area contributed by atoms with Crippen molar-refractivity contribution in [1.82, 2.24) is 4.90 Å². The number of benzene rings is 1. The van der Waals surface area contributed by atoms with Crippen molar-refractivity contribution in [2.24, 2.45) is 0 Å². The number of nitriles is 1. The molecule has 2 aliphatic rings. The Hall–Kier alpha value is -1.05. The van der Waals surface area contributed by atoms with Crippen LogP contribution < -0.4 is 5.32 Å². The van der Waals surface area contributed by atoms with E-state index in [-0.39, 0.29) is 0 Å². The standard InChI is InChI=1S/C15H18BrN3/c16-14-4-1-5-15(13(14)10-17)18-11-6-8-19-7-2-3-12(19)9-11/h1,4-5,11-12,18H,2-3,6-9H2. The van der Waals surface area contributed by atoms with Crippen molar-refractivity contribution >= 4 is 21.6 Å². The molecule has 2 unspecified atom stereocenters. The fraction of sp³-hybridized carbons (Fsp3) is 0.533. The third-order valence-electron chi connectivity index (χ3n) is 4.31. The fourth-order valence-electron chi connectivity index (χ4n) is 3.33. The van der Waals surface area contributed by atoms with Crippen LogP contribution in [0.25, 0.3) is 0 Å². The van der Waals surface area contributed by atoms with Crippen LogP contribution in [0, 0.1) is 11.3 Å². The summed E-state index contributed by atoms with van der Waals surface area (Å²) in [5.41, 5.74) is 1.68. The van der Waals surface area contributed by atoms with Gasteiger partial charge in [0.05, 0.1) is 11.3 Å². The summed E-state index contributed by atoms with van der Waals surface area (Å²) >= 11 is 3.45. The molecule has 2 atom stereocenters. The van der Waals surface area contributed by atoms with Gasteiger partial charge in [0.2, 0.25) is 0 Å². The third-order valence-corrected chi connectivity index (χ3v) is 4.97. The molecular formula is C15H18BrN3. The first-order chi connectivity index (χ1) is 9.28. The number of hydrogen-bond donors (Lipinski definition) is 1. The Balaban J connectivity index is 1.72. The van der Waals surface area contributed by atoms with Gasteiger partial charge >= 0.3 is 0 Å². The van der Waals surface area contributed by atoms with E-state index in [0.717, 1.165) is 21.8 Å². The number of anilines is 1. The Labute approximate surface area is 122 Å². The summed E-state index contributed by atoms with van der Waals surface area (Å²) in [5, 5.41) is 12.8. The summed E-state index contributed by atoms with van der Waals surface area (Å²) in [6.45, 7) is 2.47. The van der Waals surface area contributed by atoms with Crippen LogP contribution in [0.4, 0.5) is 5.69 Å². The molecule has 2 saturated heterocycles. The minimum atomic E-state index is 0.501. The van der Waals surface area contributed by atoms with Crippen molar-refractivity contribution < 1.29 is 0 Å². The SMILES string of the molecule is N#Cc1c(Br)cccc1NC1CCN2CCCC2C1. The van der Waals surface area contributed by atoms with Crippen molar-refractivity contribution in [2.45, 2.75) is 37.8 Å². The lowest BCUT2D eigenvalue weighted by atomic mass is 9.97. The molecule has 1 aromatic carbocycles. The van der Waals surface area contributed by atoms with E-state index in [0.29, 0.717) is 6.04 Å². The zero-order valence-corrected chi connectivity index (χ0v) is 12.5. The zero-order chi connectivity index (χ0) is 13.2. The highest BCUT2D eigenvalue weighted by atomic mass is 79.9. The number of halogens is 1. The van der Waals surface area contributed by atoms with E-state index in [4.69, 9.17) is 0 Å². The minimum absolute atomic E-state index is 0.501. The summed E-state index contributed by atoms with van der Waals surface area (Å²) in [6.07, 6.45) is 5.06. The van der Waals surface area contributed by atoms with Crippen LogP contribution in [0.1, 0.15) is 31.2 Å². The number of rotatable bonds is 2. The van der Waals surface area contributed by atoms with Gasteiger partial charge in [0.25, 0.3) is 0 Å². The van der Waals surface area contributed by atoms with Gasteiger partial charge in [-0.1, -0.05) is 6.07 Å². The average Bonchev–Trinajstić information content (AvgIpc) is 2.86. The van der Waals surface area contributed by atoms with Gasteiger partial charge in [0.1, 0.15) is 6.07 Å². The molecule has 2 fully saturated rings. The van der Waals surface area contributed by atoms with Crippen molar-refractivity contribution in [3.8, 4) is 6.07 Å². The third kappa shape index (κ3) is 2.63. The van der Waals surface area contributed by atoms with Crippen LogP contribution in [0.15, 0.2) is 22.7 Å². The molecule has 4 heteroatoms. The monoisotopic (exact) mass is 319 g/mol. The van der Waals surface area contributed by atoms with Gasteiger partial charge < -0.3 is 10.2 Å². The van der Waals surface area contributed by atoms with E-state index >= 15 is 0 Å². The lowest BCUT2D eigenvalue weighted by Crippen LogP contribution is -2.42. The van der Waals surface area contributed by atoms with E-state index in [2.05, 4.69) is 32.2 Å². The molecule has 19 heavy (non-hydrogen) atoms. The smallest absolute Gasteiger partial charge is 0.103 e. The minimum Gasteiger partial charge on any atom is -0.381 e. The average molecular weight is 320 g/mol. The van der Waals surface area contributed by atoms with Crippen molar-refractivity contribution in [2.75, 3.05) is 18.4 Å². The van der Waals surface area contributed by atoms with E-state index in [1.807, 2.05) is 18.2 Å². The van der Waals surface area contributed by atoms with Crippen LogP contribution in [0.5, 0.6) is 0 Å². The predicted octanol–water partition coefficient (Wildman–Crippen LogP) is 3.36. The van der Waals surface area contributed by atoms with Gasteiger partial charge in [0, 0.05) is 23.1 Å². The summed E-state index contributed by atoms with van der Waals surface area (Å²) in [4.78, 5) is 2.62. The van der Waals surface area contributed by atoms with Gasteiger partial charge in [-0.15, -0.1) is 0 Å². The van der Waals surface area contributed by atoms with E-state index in [9.17, 15) is 5.26 Å². The number of nitrogens with one attached hydrogen (secondary N) is 1. The molecule has 0 saturated carbocycles. The first-order valence-corrected chi connectivity index (χ1v) is 7.76. The topological polar surface area (TPSA) is 39.1 Å². The van der Waals surface area contributed by atoms with Crippen LogP contribution in [-0.2, 0) is 0 Å². The van der Waals surface area contributed by atoms with Gasteiger partial charge in [0.15, 0.2) is 0 Å². The second kappa shape index (κ2) is 5.52. The molecule has 0 radical (unpaired) electrons. The van der Waals surface area contributed by atoms with Crippen molar-refractivity contribution in [1.29, 1.82) is 5.26 Å². The van der Waals surface area contributed by atoms with Gasteiger partial charge in [-0.2, -0.15) is 5.26 Å². The molecule has 0 aliphatic carbocycles. The van der Waals surface area contributed by atoms with Crippen molar-refractivity contribution in [3.05, 3.63) is 28.2 Å². The lowest BCUT2D eigenvalue weighted by Gasteiger charge is -2.35. The largest absolute Gasteiger partial charge is 0.381 e. The molecule has 1 N–H and O–H groups in total. The maximum Gasteiger partial charge on any atom is 0.103 e. The highest BCUT2D eigenvalue weighted by Crippen LogP contribution is 2.30. The molecule has 0 bridgehead atoms. The van der Waals surface area contributed by atoms with E-state index in [1.165, 1.54) is 38.8 Å². The second-order valence-corrected chi connectivity index (χ2v) is 6.33. The molecule has 3 nitrogen and oxygen atoms in total. The fourth-order valence-corrected chi connectivity index (χ4v) is 3.79. The number of nitrogens with zero attached hydrogens (tertiary/aromatic N) is 2. The first kappa shape index (κ1) is 13.0. The molecule has 0 amide bonds. The lowest BCUT2D eigenvalue weighted by molar-refractivity contribution is 0.188. The Bertz CT molecular complexity index is 509. The summed E-state index contributed by atoms with van der Waals surface area (Å²) < 4.78 is 0.873. The number of piperidine rings is 1.